The Kier molecular flexibility index (Phi) is 16.5. The van der Waals surface area contributed by atoms with E-state index in [-0.39, 0.29) is 5.41 Å². The van der Waals surface area contributed by atoms with Crippen molar-refractivity contribution in [1.29, 1.82) is 0 Å². The number of aryl methyl sites for hydroxylation is 2. The highest BCUT2D eigenvalue weighted by Gasteiger charge is 2.43. The monoisotopic (exact) mass is 1010 g/mol. The molecule has 0 unspecified atom stereocenters. The second kappa shape index (κ2) is 24.3. The molecule has 0 saturated heterocycles. The Balaban J connectivity index is 1.10. The summed E-state index contributed by atoms with van der Waals surface area (Å²) < 4.78 is 0. The summed E-state index contributed by atoms with van der Waals surface area (Å²) in [6, 6.07) is 71.5. The summed E-state index contributed by atoms with van der Waals surface area (Å²) >= 11 is 0. The van der Waals surface area contributed by atoms with Gasteiger partial charge in [0.15, 0.2) is 0 Å². The highest BCUT2D eigenvalue weighted by atomic mass is 14.5. The van der Waals surface area contributed by atoms with E-state index in [0.29, 0.717) is 0 Å². The van der Waals surface area contributed by atoms with Crippen LogP contribution in [0, 0.1) is 0 Å². The number of hydrogen-bond acceptors (Lipinski definition) is 0. The lowest BCUT2D eigenvalue weighted by molar-refractivity contribution is 0.398. The molecule has 0 aliphatic heterocycles. The molecular formula is C77H82. The molecule has 390 valence electrons. The Morgan fingerprint density at radius 2 is 0.532 bits per heavy atom. The first-order chi connectivity index (χ1) is 38.1. The third-order valence-electron chi connectivity index (χ3n) is 17.8. The minimum absolute atomic E-state index is 0.109. The van der Waals surface area contributed by atoms with Gasteiger partial charge < -0.3 is 0 Å². The quantitative estimate of drug-likeness (QED) is 0.0418. The largest absolute Gasteiger partial charge is 0.0654 e. The predicted molar refractivity (Wildman–Crippen MR) is 338 cm³/mol. The van der Waals surface area contributed by atoms with Gasteiger partial charge in [0, 0.05) is 5.41 Å². The van der Waals surface area contributed by atoms with Crippen LogP contribution in [0.5, 0.6) is 0 Å². The van der Waals surface area contributed by atoms with Gasteiger partial charge in [-0.25, -0.2) is 0 Å². The summed E-state index contributed by atoms with van der Waals surface area (Å²) in [5.74, 6) is 0. The van der Waals surface area contributed by atoms with E-state index in [4.69, 9.17) is 0 Å². The smallest absolute Gasteiger partial charge is 0.0215 e. The summed E-state index contributed by atoms with van der Waals surface area (Å²) in [6.07, 6.45) is 25.1. The fraction of sp³-hybridized carbons (Fsp3) is 0.325. The van der Waals surface area contributed by atoms with Crippen LogP contribution in [-0.4, -0.2) is 0 Å². The van der Waals surface area contributed by atoms with Crippen LogP contribution in [0.3, 0.4) is 0 Å². The van der Waals surface area contributed by atoms with Crippen LogP contribution in [0.15, 0.2) is 182 Å². The van der Waals surface area contributed by atoms with Gasteiger partial charge in [-0.1, -0.05) is 287 Å². The lowest BCUT2D eigenvalue weighted by Crippen LogP contribution is -2.25. The minimum Gasteiger partial charge on any atom is -0.0654 e. The third kappa shape index (κ3) is 10.4. The Bertz CT molecular complexity index is 3270. The Hall–Kier alpha value is -6.76. The molecule has 0 saturated carbocycles. The molecule has 10 aromatic rings. The number of unbranched alkanes of at least 4 members (excludes halogenated alkanes) is 12. The minimum atomic E-state index is -0.109. The molecule has 0 atom stereocenters. The lowest BCUT2D eigenvalue weighted by Gasteiger charge is -2.34. The molecule has 0 radical (unpaired) electrons. The zero-order chi connectivity index (χ0) is 52.6. The highest BCUT2D eigenvalue weighted by molar-refractivity contribution is 6.23. The summed E-state index contributed by atoms with van der Waals surface area (Å²) in [4.78, 5) is 0. The second-order valence-corrected chi connectivity index (χ2v) is 22.9. The standard InChI is InChI=1S/C77H82/c1-5-9-13-15-17-27-51-77(52-28-18-16-14-10-6-2)71-53-59(75-67-35-23-19-31-63(67)73(64-32-20-24-36-68(64)75)57-43-39-55(40-44-57)29-11-7-3)47-49-61(71)62-50-48-60(54-72(62)77)76-69-37-25-21-33-65(69)74(66-34-22-26-38-70(66)76)58-45-41-56(42-46-58)30-12-8-4/h19-26,31-50,53-54H,5-18,27-30,51-52H2,1-4H3. The first kappa shape index (κ1) is 52.3. The molecule has 0 aromatic heterocycles. The lowest BCUT2D eigenvalue weighted by atomic mass is 9.69. The van der Waals surface area contributed by atoms with Crippen LogP contribution < -0.4 is 0 Å². The molecule has 0 amide bonds. The maximum atomic E-state index is 2.70. The normalized spacial score (nSPS) is 12.8. The van der Waals surface area contributed by atoms with Gasteiger partial charge in [0.2, 0.25) is 0 Å². The Labute approximate surface area is 462 Å². The van der Waals surface area contributed by atoms with E-state index in [1.165, 1.54) is 225 Å². The fourth-order valence-corrected chi connectivity index (χ4v) is 13.8. The van der Waals surface area contributed by atoms with Crippen LogP contribution in [0.25, 0.3) is 98.7 Å². The summed E-state index contributed by atoms with van der Waals surface area (Å²) in [5, 5.41) is 10.7. The van der Waals surface area contributed by atoms with Crippen LogP contribution in [0.2, 0.25) is 0 Å². The van der Waals surface area contributed by atoms with E-state index in [0.717, 1.165) is 12.8 Å². The van der Waals surface area contributed by atoms with Gasteiger partial charge in [-0.05, 0) is 172 Å². The van der Waals surface area contributed by atoms with Gasteiger partial charge in [0.1, 0.15) is 0 Å². The molecule has 0 bridgehead atoms. The van der Waals surface area contributed by atoms with E-state index < -0.39 is 0 Å². The first-order valence-electron chi connectivity index (χ1n) is 30.4. The summed E-state index contributed by atoms with van der Waals surface area (Å²) in [7, 11) is 0. The zero-order valence-electron chi connectivity index (χ0n) is 47.0. The third-order valence-corrected chi connectivity index (χ3v) is 17.8. The van der Waals surface area contributed by atoms with Gasteiger partial charge in [-0.2, -0.15) is 0 Å². The Morgan fingerprint density at radius 3 is 0.844 bits per heavy atom. The van der Waals surface area contributed by atoms with E-state index in [1.54, 1.807) is 11.1 Å². The van der Waals surface area contributed by atoms with Gasteiger partial charge in [-0.3, -0.25) is 0 Å². The fourth-order valence-electron chi connectivity index (χ4n) is 13.8. The average molecular weight is 1010 g/mol. The van der Waals surface area contributed by atoms with Gasteiger partial charge in [-0.15, -0.1) is 0 Å². The molecule has 0 N–H and O–H groups in total. The molecule has 0 nitrogen and oxygen atoms in total. The maximum absolute atomic E-state index is 2.70. The average Bonchev–Trinajstić information content (AvgIpc) is 3.91. The number of hydrogen-bond donors (Lipinski definition) is 0. The molecule has 0 heteroatoms. The van der Waals surface area contributed by atoms with Crippen molar-refractivity contribution in [2.24, 2.45) is 0 Å². The van der Waals surface area contributed by atoms with Crippen molar-refractivity contribution < 1.29 is 0 Å². The van der Waals surface area contributed by atoms with Crippen molar-refractivity contribution in [3.05, 3.63) is 204 Å². The molecule has 11 rings (SSSR count). The van der Waals surface area contributed by atoms with Crippen LogP contribution in [0.1, 0.15) is 166 Å². The summed E-state index contributed by atoms with van der Waals surface area (Å²) in [6.45, 7) is 9.25. The molecule has 1 aliphatic carbocycles. The van der Waals surface area contributed by atoms with Crippen molar-refractivity contribution in [2.75, 3.05) is 0 Å². The second-order valence-electron chi connectivity index (χ2n) is 22.9. The highest BCUT2D eigenvalue weighted by Crippen LogP contribution is 2.57. The van der Waals surface area contributed by atoms with Crippen molar-refractivity contribution in [1.82, 2.24) is 0 Å². The van der Waals surface area contributed by atoms with Gasteiger partial charge in [0.25, 0.3) is 0 Å². The molecule has 77 heavy (non-hydrogen) atoms. The maximum Gasteiger partial charge on any atom is 0.0215 e. The number of rotatable bonds is 24. The van der Waals surface area contributed by atoms with Crippen LogP contribution in [-0.2, 0) is 18.3 Å². The van der Waals surface area contributed by atoms with E-state index in [1.807, 2.05) is 0 Å². The first-order valence-corrected chi connectivity index (χ1v) is 30.4. The van der Waals surface area contributed by atoms with Crippen LogP contribution in [0.4, 0.5) is 0 Å². The molecule has 1 aliphatic rings. The van der Waals surface area contributed by atoms with Crippen LogP contribution >= 0.6 is 0 Å². The van der Waals surface area contributed by atoms with Gasteiger partial charge in [0.05, 0.1) is 0 Å². The zero-order valence-corrected chi connectivity index (χ0v) is 47.0. The molecule has 0 spiro atoms. The topological polar surface area (TPSA) is 0 Å². The number of fused-ring (bicyclic) bond motifs is 7. The summed E-state index contributed by atoms with van der Waals surface area (Å²) in [5.41, 5.74) is 19.4. The van der Waals surface area contributed by atoms with E-state index in [9.17, 15) is 0 Å². The van der Waals surface area contributed by atoms with Crippen molar-refractivity contribution in [2.45, 2.75) is 162 Å². The van der Waals surface area contributed by atoms with Crippen molar-refractivity contribution in [3.8, 4) is 55.6 Å². The Morgan fingerprint density at radius 1 is 0.260 bits per heavy atom. The van der Waals surface area contributed by atoms with Crippen molar-refractivity contribution in [3.63, 3.8) is 0 Å². The molecule has 10 aromatic carbocycles. The molecule has 0 heterocycles. The number of benzene rings is 10. The SMILES string of the molecule is CCCCCCCCC1(CCCCCCCC)c2cc(-c3c4ccccc4c(-c4ccc(CCCC)cc4)c4ccccc34)ccc2-c2ccc(-c3c4ccccc4c(-c4ccc(CCCC)cc4)c4ccccc34)cc21. The predicted octanol–water partition coefficient (Wildman–Crippen LogP) is 23.4. The van der Waals surface area contributed by atoms with E-state index in [2.05, 4.69) is 210 Å². The van der Waals surface area contributed by atoms with E-state index >= 15 is 0 Å². The van der Waals surface area contributed by atoms with Crippen molar-refractivity contribution >= 4 is 43.1 Å². The van der Waals surface area contributed by atoms with Gasteiger partial charge >= 0.3 is 0 Å². The molecular weight excluding hydrogens is 925 g/mol. The molecule has 0 fully saturated rings.